The number of hydrogen-bond acceptors (Lipinski definition) is 1. The van der Waals surface area contributed by atoms with Gasteiger partial charge in [-0.2, -0.15) is 0 Å². The highest BCUT2D eigenvalue weighted by Crippen LogP contribution is 2.21. The van der Waals surface area contributed by atoms with E-state index in [1.807, 2.05) is 43.3 Å². The van der Waals surface area contributed by atoms with Crippen LogP contribution in [0.3, 0.4) is 0 Å². The van der Waals surface area contributed by atoms with Crippen molar-refractivity contribution in [1.82, 2.24) is 4.98 Å². The minimum absolute atomic E-state index is 0.0784. The van der Waals surface area contributed by atoms with Crippen molar-refractivity contribution < 1.29 is 4.79 Å². The molecular weight excluding hydrogens is 186 g/mol. The van der Waals surface area contributed by atoms with Crippen molar-refractivity contribution in [3.8, 4) is 11.3 Å². The molecule has 0 saturated heterocycles. The third-order valence-corrected chi connectivity index (χ3v) is 2.45. The van der Waals surface area contributed by atoms with Crippen LogP contribution in [0.25, 0.3) is 11.3 Å². The Bertz CT molecular complexity index is 482. The van der Waals surface area contributed by atoms with Crippen molar-refractivity contribution in [2.45, 2.75) is 13.8 Å². The summed E-state index contributed by atoms with van der Waals surface area (Å²) in [5.41, 5.74) is 3.81. The van der Waals surface area contributed by atoms with Gasteiger partial charge in [-0.15, -0.1) is 0 Å². The first-order valence-corrected chi connectivity index (χ1v) is 4.94. The monoisotopic (exact) mass is 199 g/mol. The van der Waals surface area contributed by atoms with E-state index < -0.39 is 0 Å². The van der Waals surface area contributed by atoms with Crippen LogP contribution >= 0.6 is 0 Å². The van der Waals surface area contributed by atoms with Gasteiger partial charge in [0.15, 0.2) is 5.78 Å². The number of aryl methyl sites for hydroxylation is 1. The molecule has 2 heteroatoms. The molecule has 0 aliphatic rings. The molecule has 76 valence electrons. The zero-order valence-corrected chi connectivity index (χ0v) is 8.87. The van der Waals surface area contributed by atoms with E-state index in [0.29, 0.717) is 5.69 Å². The molecule has 0 aliphatic heterocycles. The normalized spacial score (nSPS) is 10.3. The molecule has 1 aromatic carbocycles. The van der Waals surface area contributed by atoms with Crippen molar-refractivity contribution in [3.05, 3.63) is 47.7 Å². The molecule has 0 amide bonds. The number of carbonyl (C=O) groups is 1. The Morgan fingerprint density at radius 2 is 1.87 bits per heavy atom. The number of aromatic nitrogens is 1. The van der Waals surface area contributed by atoms with Gasteiger partial charge in [0.25, 0.3) is 0 Å². The highest BCUT2D eigenvalue weighted by molar-refractivity contribution is 5.94. The van der Waals surface area contributed by atoms with Crippen LogP contribution in [0.15, 0.2) is 36.4 Å². The number of rotatable bonds is 2. The molecule has 1 heterocycles. The Balaban J connectivity index is 2.48. The minimum Gasteiger partial charge on any atom is -0.352 e. The van der Waals surface area contributed by atoms with Crippen molar-refractivity contribution in [2.75, 3.05) is 0 Å². The topological polar surface area (TPSA) is 32.9 Å². The minimum atomic E-state index is 0.0784. The Labute approximate surface area is 89.0 Å². The smallest absolute Gasteiger partial charge is 0.176 e. The summed E-state index contributed by atoms with van der Waals surface area (Å²) >= 11 is 0. The second kappa shape index (κ2) is 3.73. The number of ketones is 1. The molecule has 0 atom stereocenters. The number of aromatic amines is 1. The van der Waals surface area contributed by atoms with Crippen LogP contribution in [0.5, 0.6) is 0 Å². The summed E-state index contributed by atoms with van der Waals surface area (Å²) in [7, 11) is 0. The highest BCUT2D eigenvalue weighted by atomic mass is 16.1. The Kier molecular flexibility index (Phi) is 2.42. The molecule has 0 bridgehead atoms. The molecule has 0 radical (unpaired) electrons. The number of nitrogens with one attached hydrogen (secondary N) is 1. The Hall–Kier alpha value is -1.83. The average Bonchev–Trinajstić information content (AvgIpc) is 2.62. The van der Waals surface area contributed by atoms with Crippen LogP contribution < -0.4 is 0 Å². The van der Waals surface area contributed by atoms with E-state index in [4.69, 9.17) is 0 Å². The maximum Gasteiger partial charge on any atom is 0.176 e. The van der Waals surface area contributed by atoms with Gasteiger partial charge in [0, 0.05) is 12.6 Å². The van der Waals surface area contributed by atoms with E-state index >= 15 is 0 Å². The van der Waals surface area contributed by atoms with Gasteiger partial charge in [0.2, 0.25) is 0 Å². The van der Waals surface area contributed by atoms with Crippen LogP contribution in [-0.4, -0.2) is 10.8 Å². The van der Waals surface area contributed by atoms with Crippen LogP contribution in [0.1, 0.15) is 23.0 Å². The van der Waals surface area contributed by atoms with E-state index in [1.54, 1.807) is 6.92 Å². The first-order valence-electron chi connectivity index (χ1n) is 4.94. The number of Topliss-reactive ketones (excluding diaryl/α,β-unsaturated/α-hetero) is 1. The van der Waals surface area contributed by atoms with Gasteiger partial charge in [0.1, 0.15) is 0 Å². The van der Waals surface area contributed by atoms with E-state index in [9.17, 15) is 4.79 Å². The van der Waals surface area contributed by atoms with Crippen molar-refractivity contribution in [1.29, 1.82) is 0 Å². The average molecular weight is 199 g/mol. The van der Waals surface area contributed by atoms with Gasteiger partial charge >= 0.3 is 0 Å². The summed E-state index contributed by atoms with van der Waals surface area (Å²) in [6, 6.07) is 12.0. The van der Waals surface area contributed by atoms with Crippen LogP contribution in [0.2, 0.25) is 0 Å². The molecular formula is C13H13NO. The Morgan fingerprint density at radius 1 is 1.20 bits per heavy atom. The predicted molar refractivity (Wildman–Crippen MR) is 61.0 cm³/mol. The van der Waals surface area contributed by atoms with Crippen LogP contribution in [0.4, 0.5) is 0 Å². The molecule has 0 unspecified atom stereocenters. The third kappa shape index (κ3) is 1.84. The van der Waals surface area contributed by atoms with E-state index in [-0.39, 0.29) is 5.78 Å². The zero-order chi connectivity index (χ0) is 10.8. The summed E-state index contributed by atoms with van der Waals surface area (Å²) in [6.45, 7) is 3.52. The van der Waals surface area contributed by atoms with Crippen molar-refractivity contribution >= 4 is 5.78 Å². The SMILES string of the molecule is CC(=O)c1[nH]c(-c2ccccc2)cc1C. The highest BCUT2D eigenvalue weighted by Gasteiger charge is 2.08. The summed E-state index contributed by atoms with van der Waals surface area (Å²) in [4.78, 5) is 14.4. The lowest BCUT2D eigenvalue weighted by atomic mass is 10.1. The largest absolute Gasteiger partial charge is 0.352 e. The molecule has 2 aromatic rings. The van der Waals surface area contributed by atoms with Gasteiger partial charge in [-0.1, -0.05) is 30.3 Å². The maximum absolute atomic E-state index is 11.3. The Morgan fingerprint density at radius 3 is 2.40 bits per heavy atom. The lowest BCUT2D eigenvalue weighted by Crippen LogP contribution is -1.94. The molecule has 0 fully saturated rings. The van der Waals surface area contributed by atoms with Gasteiger partial charge in [-0.05, 0) is 24.1 Å². The number of H-pyrrole nitrogens is 1. The fourth-order valence-electron chi connectivity index (χ4n) is 1.70. The maximum atomic E-state index is 11.3. The second-order valence-electron chi connectivity index (χ2n) is 3.66. The van der Waals surface area contributed by atoms with Gasteiger partial charge in [-0.25, -0.2) is 0 Å². The summed E-state index contributed by atoms with van der Waals surface area (Å²) in [6.07, 6.45) is 0. The van der Waals surface area contributed by atoms with Crippen molar-refractivity contribution in [2.24, 2.45) is 0 Å². The molecule has 15 heavy (non-hydrogen) atoms. The third-order valence-electron chi connectivity index (χ3n) is 2.45. The van der Waals surface area contributed by atoms with Gasteiger partial charge < -0.3 is 4.98 Å². The molecule has 0 spiro atoms. The summed E-state index contributed by atoms with van der Waals surface area (Å²) < 4.78 is 0. The van der Waals surface area contributed by atoms with Crippen molar-refractivity contribution in [3.63, 3.8) is 0 Å². The molecule has 0 aliphatic carbocycles. The van der Waals surface area contributed by atoms with Gasteiger partial charge in [0.05, 0.1) is 5.69 Å². The summed E-state index contributed by atoms with van der Waals surface area (Å²) in [5.74, 6) is 0.0784. The van der Waals surface area contributed by atoms with E-state index in [2.05, 4.69) is 4.98 Å². The molecule has 0 saturated carbocycles. The lowest BCUT2D eigenvalue weighted by Gasteiger charge is -1.96. The van der Waals surface area contributed by atoms with E-state index in [0.717, 1.165) is 16.8 Å². The molecule has 1 aromatic heterocycles. The molecule has 2 nitrogen and oxygen atoms in total. The number of benzene rings is 1. The van der Waals surface area contributed by atoms with E-state index in [1.165, 1.54) is 0 Å². The lowest BCUT2D eigenvalue weighted by molar-refractivity contribution is 0.101. The van der Waals surface area contributed by atoms with Gasteiger partial charge in [-0.3, -0.25) is 4.79 Å². The zero-order valence-electron chi connectivity index (χ0n) is 8.87. The van der Waals surface area contributed by atoms with Crippen LogP contribution in [0, 0.1) is 6.92 Å². The number of carbonyl (C=O) groups excluding carboxylic acids is 1. The second-order valence-corrected chi connectivity index (χ2v) is 3.66. The van der Waals surface area contributed by atoms with Crippen LogP contribution in [-0.2, 0) is 0 Å². The molecule has 2 rings (SSSR count). The number of hydrogen-bond donors (Lipinski definition) is 1. The first kappa shape index (κ1) is 9.71. The fraction of sp³-hybridized carbons (Fsp3) is 0.154. The summed E-state index contributed by atoms with van der Waals surface area (Å²) in [5, 5.41) is 0. The molecule has 1 N–H and O–H groups in total. The standard InChI is InChI=1S/C13H13NO/c1-9-8-12(14-13(9)10(2)15)11-6-4-3-5-7-11/h3-8,14H,1-2H3. The predicted octanol–water partition coefficient (Wildman–Crippen LogP) is 3.19. The quantitative estimate of drug-likeness (QED) is 0.740. The first-order chi connectivity index (χ1) is 7.18. The fourth-order valence-corrected chi connectivity index (χ4v) is 1.70.